The smallest absolute Gasteiger partial charge is 0.290 e. The maximum absolute atomic E-state index is 13.0. The van der Waals surface area contributed by atoms with Gasteiger partial charge in [-0.3, -0.25) is 24.2 Å². The van der Waals surface area contributed by atoms with Crippen molar-refractivity contribution < 1.29 is 9.90 Å². The lowest BCUT2D eigenvalue weighted by Gasteiger charge is -2.23. The van der Waals surface area contributed by atoms with Crippen LogP contribution in [0.5, 0.6) is 5.75 Å². The highest BCUT2D eigenvalue weighted by Gasteiger charge is 2.23. The number of aromatic hydroxyl groups is 1. The van der Waals surface area contributed by atoms with Crippen LogP contribution in [0.3, 0.4) is 0 Å². The number of aromatic nitrogens is 2. The minimum atomic E-state index is -0.500. The van der Waals surface area contributed by atoms with Gasteiger partial charge in [-0.15, -0.1) is 0 Å². The average molecular weight is 466 g/mol. The average Bonchev–Trinajstić information content (AvgIpc) is 2.82. The summed E-state index contributed by atoms with van der Waals surface area (Å²) in [7, 11) is 3.08. The van der Waals surface area contributed by atoms with Gasteiger partial charge in [0, 0.05) is 20.1 Å². The van der Waals surface area contributed by atoms with Crippen LogP contribution in [0.15, 0.2) is 58.1 Å². The fourth-order valence-corrected chi connectivity index (χ4v) is 3.56. The van der Waals surface area contributed by atoms with Gasteiger partial charge in [0.25, 0.3) is 17.0 Å². The SMILES string of the molecule is CCC(Nc1c(Nc2cccc(C(=O)N(C)C(C)C)c2O)c(=O)n(C)[nH]c1=O)c1ccccc1. The third-order valence-electron chi connectivity index (χ3n) is 5.81. The Morgan fingerprint density at radius 2 is 1.76 bits per heavy atom. The Labute approximate surface area is 198 Å². The summed E-state index contributed by atoms with van der Waals surface area (Å²) in [5, 5.41) is 19.4. The van der Waals surface area contributed by atoms with Gasteiger partial charge in [-0.2, -0.15) is 0 Å². The number of H-pyrrole nitrogens is 1. The number of benzene rings is 2. The fourth-order valence-electron chi connectivity index (χ4n) is 3.56. The summed E-state index contributed by atoms with van der Waals surface area (Å²) < 4.78 is 1.07. The number of hydrogen-bond acceptors (Lipinski definition) is 6. The Kier molecular flexibility index (Phi) is 7.45. The van der Waals surface area contributed by atoms with Crippen LogP contribution in [0.1, 0.15) is 49.2 Å². The number of aromatic amines is 1. The van der Waals surface area contributed by atoms with Crippen LogP contribution in [0, 0.1) is 0 Å². The van der Waals surface area contributed by atoms with E-state index in [2.05, 4.69) is 15.7 Å². The molecular weight excluding hydrogens is 434 g/mol. The quantitative estimate of drug-likeness (QED) is 0.378. The van der Waals surface area contributed by atoms with Gasteiger partial charge >= 0.3 is 0 Å². The van der Waals surface area contributed by atoms with Crippen molar-refractivity contribution in [3.05, 3.63) is 80.4 Å². The molecule has 1 atom stereocenters. The number of nitrogens with zero attached hydrogens (tertiary/aromatic N) is 2. The van der Waals surface area contributed by atoms with Crippen molar-refractivity contribution in [1.29, 1.82) is 0 Å². The molecule has 0 bridgehead atoms. The predicted molar refractivity (Wildman–Crippen MR) is 134 cm³/mol. The molecule has 1 amide bonds. The standard InChI is InChI=1S/C25H31N5O4/c1-6-18(16-11-8-7-9-12-16)26-20-21(25(34)30(5)28-23(20)32)27-19-14-10-13-17(22(19)31)24(33)29(4)15(2)3/h7-15,18,26-27,31H,6H2,1-5H3,(H,28,32). The van der Waals surface area contributed by atoms with E-state index in [9.17, 15) is 19.5 Å². The van der Waals surface area contributed by atoms with E-state index in [0.29, 0.717) is 6.42 Å². The molecule has 1 heterocycles. The first-order chi connectivity index (χ1) is 16.1. The summed E-state index contributed by atoms with van der Waals surface area (Å²) >= 11 is 0. The number of hydrogen-bond donors (Lipinski definition) is 4. The molecule has 0 saturated heterocycles. The van der Waals surface area contributed by atoms with E-state index in [1.54, 1.807) is 19.2 Å². The number of anilines is 3. The highest BCUT2D eigenvalue weighted by Crippen LogP contribution is 2.32. The minimum absolute atomic E-state index is 0.0299. The number of phenolic OH excluding ortho intramolecular Hbond substituents is 1. The first-order valence-electron chi connectivity index (χ1n) is 11.2. The summed E-state index contributed by atoms with van der Waals surface area (Å²) in [5.74, 6) is -0.660. The van der Waals surface area contributed by atoms with Crippen LogP contribution >= 0.6 is 0 Å². The van der Waals surface area contributed by atoms with Crippen LogP contribution < -0.4 is 21.8 Å². The number of phenols is 1. The number of aryl methyl sites for hydroxylation is 1. The van der Waals surface area contributed by atoms with Gasteiger partial charge in [-0.25, -0.2) is 0 Å². The lowest BCUT2D eigenvalue weighted by molar-refractivity contribution is 0.0752. The van der Waals surface area contributed by atoms with Crippen LogP contribution in [-0.4, -0.2) is 38.8 Å². The molecule has 0 saturated carbocycles. The lowest BCUT2D eigenvalue weighted by atomic mass is 10.0. The molecule has 3 aromatic rings. The van der Waals surface area contributed by atoms with Gasteiger partial charge in [0.1, 0.15) is 11.4 Å². The maximum Gasteiger partial charge on any atom is 0.290 e. The second kappa shape index (κ2) is 10.3. The van der Waals surface area contributed by atoms with Gasteiger partial charge in [-0.05, 0) is 38.0 Å². The molecule has 0 radical (unpaired) electrons. The Morgan fingerprint density at radius 1 is 1.09 bits per heavy atom. The van der Waals surface area contributed by atoms with E-state index in [-0.39, 0.29) is 46.4 Å². The third-order valence-corrected chi connectivity index (χ3v) is 5.81. The molecule has 0 spiro atoms. The van der Waals surface area contributed by atoms with E-state index >= 15 is 0 Å². The van der Waals surface area contributed by atoms with Crippen molar-refractivity contribution in [2.75, 3.05) is 17.7 Å². The van der Waals surface area contributed by atoms with Crippen molar-refractivity contribution in [2.45, 2.75) is 39.3 Å². The molecule has 3 rings (SSSR count). The predicted octanol–water partition coefficient (Wildman–Crippen LogP) is 3.57. The van der Waals surface area contributed by atoms with E-state index in [4.69, 9.17) is 0 Å². The zero-order valence-corrected chi connectivity index (χ0v) is 20.0. The molecule has 0 fully saturated rings. The van der Waals surface area contributed by atoms with Gasteiger partial charge in [0.15, 0.2) is 5.75 Å². The second-order valence-electron chi connectivity index (χ2n) is 8.41. The van der Waals surface area contributed by atoms with Gasteiger partial charge in [0.2, 0.25) is 0 Å². The summed E-state index contributed by atoms with van der Waals surface area (Å²) in [4.78, 5) is 40.2. The van der Waals surface area contributed by atoms with E-state index in [1.807, 2.05) is 51.1 Å². The van der Waals surface area contributed by atoms with Crippen molar-refractivity contribution in [1.82, 2.24) is 14.7 Å². The highest BCUT2D eigenvalue weighted by molar-refractivity contribution is 5.99. The van der Waals surface area contributed by atoms with Crippen molar-refractivity contribution >= 4 is 23.0 Å². The maximum atomic E-state index is 13.0. The van der Waals surface area contributed by atoms with Crippen molar-refractivity contribution in [3.63, 3.8) is 0 Å². The number of amides is 1. The molecule has 1 aromatic heterocycles. The highest BCUT2D eigenvalue weighted by atomic mass is 16.3. The van der Waals surface area contributed by atoms with Gasteiger partial charge in [0.05, 0.1) is 17.3 Å². The van der Waals surface area contributed by atoms with E-state index < -0.39 is 11.1 Å². The van der Waals surface area contributed by atoms with Crippen LogP contribution in [-0.2, 0) is 7.05 Å². The van der Waals surface area contributed by atoms with Crippen LogP contribution in [0.25, 0.3) is 0 Å². The fraction of sp³-hybridized carbons (Fsp3) is 0.320. The Balaban J connectivity index is 2.06. The molecule has 0 aliphatic heterocycles. The summed E-state index contributed by atoms with van der Waals surface area (Å²) in [5.41, 5.74) is 0.218. The van der Waals surface area contributed by atoms with Crippen molar-refractivity contribution in [2.24, 2.45) is 7.05 Å². The first kappa shape index (κ1) is 24.6. The first-order valence-corrected chi connectivity index (χ1v) is 11.2. The third kappa shape index (κ3) is 4.98. The molecule has 9 nitrogen and oxygen atoms in total. The number of nitrogens with one attached hydrogen (secondary N) is 3. The second-order valence-corrected chi connectivity index (χ2v) is 8.41. The Morgan fingerprint density at radius 3 is 2.38 bits per heavy atom. The Hall–Kier alpha value is -4.01. The van der Waals surface area contributed by atoms with E-state index in [0.717, 1.165) is 10.2 Å². The van der Waals surface area contributed by atoms with Crippen LogP contribution in [0.4, 0.5) is 17.1 Å². The largest absolute Gasteiger partial charge is 0.505 e. The summed E-state index contributed by atoms with van der Waals surface area (Å²) in [6.45, 7) is 5.71. The lowest BCUT2D eigenvalue weighted by Crippen LogP contribution is -2.33. The molecule has 9 heteroatoms. The van der Waals surface area contributed by atoms with Gasteiger partial charge in [-0.1, -0.05) is 43.3 Å². The Bertz CT molecular complexity index is 1280. The monoisotopic (exact) mass is 465 g/mol. The molecule has 1 unspecified atom stereocenters. The zero-order chi connectivity index (χ0) is 25.0. The molecule has 0 aliphatic carbocycles. The number of carbonyl (C=O) groups is 1. The van der Waals surface area contributed by atoms with Crippen molar-refractivity contribution in [3.8, 4) is 5.75 Å². The molecule has 0 aliphatic rings. The summed E-state index contributed by atoms with van der Waals surface area (Å²) in [6.07, 6.45) is 0.662. The van der Waals surface area contributed by atoms with Crippen LogP contribution in [0.2, 0.25) is 0 Å². The topological polar surface area (TPSA) is 119 Å². The molecule has 34 heavy (non-hydrogen) atoms. The molecule has 4 N–H and O–H groups in total. The molecule has 2 aromatic carbocycles. The molecular formula is C25H31N5O4. The number of rotatable bonds is 8. The number of para-hydroxylation sites is 1. The minimum Gasteiger partial charge on any atom is -0.505 e. The number of carbonyl (C=O) groups excluding carboxylic acids is 1. The van der Waals surface area contributed by atoms with Gasteiger partial charge < -0.3 is 20.6 Å². The van der Waals surface area contributed by atoms with E-state index in [1.165, 1.54) is 18.0 Å². The summed E-state index contributed by atoms with van der Waals surface area (Å²) in [6, 6.07) is 14.0. The molecule has 180 valence electrons. The zero-order valence-electron chi connectivity index (χ0n) is 20.0. The normalized spacial score (nSPS) is 11.8.